The molecule has 5 fully saturated rings. The smallest absolute Gasteiger partial charge is 0.161 e. The zero-order chi connectivity index (χ0) is 38.0. The highest BCUT2D eigenvalue weighted by molar-refractivity contribution is 5.31. The lowest BCUT2D eigenvalue weighted by Gasteiger charge is -2.67. The maximum Gasteiger partial charge on any atom is 0.161 e. The van der Waals surface area contributed by atoms with E-state index in [0.29, 0.717) is 49.9 Å². The van der Waals surface area contributed by atoms with Gasteiger partial charge in [0.2, 0.25) is 0 Å². The van der Waals surface area contributed by atoms with E-state index in [1.165, 1.54) is 5.57 Å². The molecular weight excluding hydrogens is 664 g/mol. The molecule has 52 heavy (non-hydrogen) atoms. The summed E-state index contributed by atoms with van der Waals surface area (Å²) in [6, 6.07) is 0. The van der Waals surface area contributed by atoms with Crippen molar-refractivity contribution in [2.24, 2.45) is 45.3 Å². The molecule has 4 aliphatic carbocycles. The molecule has 0 bridgehead atoms. The third kappa shape index (κ3) is 7.22. The van der Waals surface area contributed by atoms with Crippen molar-refractivity contribution in [2.75, 3.05) is 13.2 Å². The standard InChI is InChI=1S/C42H72O10/c1-24(9-13-35(39(4,5)48)52-37-20-26(46)18-28(23-44)50-37)29-15-16-40(6)32-12-10-30-31(42(32,8)33(47)21-41(29,40)7)11-14-34(38(30,2)3)51-36-19-25(45)17-27(22-43)49-36/h10,24-29,31-37,43-48H,9,11-23H2,1-8H3/t24-,25+,26+,27+,28+,29?,31?,32?,33-,34+,35-,36+,37+,40+,41-,42+/m1/s1. The molecule has 6 rings (SSSR count). The average molecular weight is 737 g/mol. The highest BCUT2D eigenvalue weighted by Crippen LogP contribution is 2.75. The Morgan fingerprint density at radius 2 is 1.46 bits per heavy atom. The van der Waals surface area contributed by atoms with Crippen molar-refractivity contribution in [3.8, 4) is 0 Å². The normalized spacial score (nSPS) is 47.5. The molecule has 0 amide bonds. The lowest BCUT2D eigenvalue weighted by atomic mass is 9.38. The molecule has 6 aliphatic rings. The summed E-state index contributed by atoms with van der Waals surface area (Å²) in [5, 5.41) is 63.7. The van der Waals surface area contributed by atoms with Crippen molar-refractivity contribution in [3.05, 3.63) is 11.6 Å². The van der Waals surface area contributed by atoms with Gasteiger partial charge < -0.3 is 49.6 Å². The molecule has 0 aromatic heterocycles. The number of ether oxygens (including phenoxy) is 4. The first-order chi connectivity index (χ1) is 24.3. The molecule has 2 saturated heterocycles. The Bertz CT molecular complexity index is 1270. The largest absolute Gasteiger partial charge is 0.394 e. The first-order valence-electron chi connectivity index (χ1n) is 20.6. The molecule has 0 spiro atoms. The van der Waals surface area contributed by atoms with Gasteiger partial charge in [-0.15, -0.1) is 0 Å². The Kier molecular flexibility index (Phi) is 11.8. The Hall–Kier alpha value is -0.660. The van der Waals surface area contributed by atoms with Crippen molar-refractivity contribution in [1.82, 2.24) is 0 Å². The molecule has 6 N–H and O–H groups in total. The molecule has 2 aliphatic heterocycles. The fraction of sp³-hybridized carbons (Fsp3) is 0.952. The summed E-state index contributed by atoms with van der Waals surface area (Å²) in [5.41, 5.74) is -0.213. The fourth-order valence-electron chi connectivity index (χ4n) is 12.8. The number of hydrogen-bond donors (Lipinski definition) is 6. The van der Waals surface area contributed by atoms with Crippen LogP contribution in [0.1, 0.15) is 132 Å². The average Bonchev–Trinajstić information content (AvgIpc) is 3.33. The molecule has 10 nitrogen and oxygen atoms in total. The van der Waals surface area contributed by atoms with Gasteiger partial charge in [-0.3, -0.25) is 0 Å². The van der Waals surface area contributed by atoms with E-state index in [4.69, 9.17) is 18.9 Å². The van der Waals surface area contributed by atoms with E-state index in [0.717, 1.165) is 44.9 Å². The Balaban J connectivity index is 1.16. The van der Waals surface area contributed by atoms with E-state index in [-0.39, 0.29) is 46.9 Å². The minimum atomic E-state index is -1.10. The van der Waals surface area contributed by atoms with Crippen LogP contribution in [0.25, 0.3) is 0 Å². The predicted molar refractivity (Wildman–Crippen MR) is 197 cm³/mol. The van der Waals surface area contributed by atoms with Crippen LogP contribution in [0.2, 0.25) is 0 Å². The van der Waals surface area contributed by atoms with Crippen LogP contribution in [0.5, 0.6) is 0 Å². The van der Waals surface area contributed by atoms with E-state index in [1.54, 1.807) is 13.8 Å². The summed E-state index contributed by atoms with van der Waals surface area (Å²) in [4.78, 5) is 0. The molecule has 3 unspecified atom stereocenters. The Labute approximate surface area is 312 Å². The van der Waals surface area contributed by atoms with Gasteiger partial charge >= 0.3 is 0 Å². The van der Waals surface area contributed by atoms with Crippen LogP contribution < -0.4 is 0 Å². The van der Waals surface area contributed by atoms with Crippen molar-refractivity contribution >= 4 is 0 Å². The third-order valence-electron chi connectivity index (χ3n) is 16.0. The predicted octanol–water partition coefficient (Wildman–Crippen LogP) is 5.24. The highest BCUT2D eigenvalue weighted by atomic mass is 16.7. The molecule has 0 aromatic rings. The van der Waals surface area contributed by atoms with Gasteiger partial charge in [-0.05, 0) is 99.7 Å². The second-order valence-corrected chi connectivity index (χ2v) is 19.8. The van der Waals surface area contributed by atoms with Crippen LogP contribution in [0, 0.1) is 45.3 Å². The minimum Gasteiger partial charge on any atom is -0.394 e. The summed E-state index contributed by atoms with van der Waals surface area (Å²) in [6.07, 6.45) is 7.06. The van der Waals surface area contributed by atoms with Crippen molar-refractivity contribution in [3.63, 3.8) is 0 Å². The number of aliphatic hydroxyl groups excluding tert-OH is 5. The summed E-state index contributed by atoms with van der Waals surface area (Å²) < 4.78 is 24.9. The van der Waals surface area contributed by atoms with E-state index in [1.807, 2.05) is 0 Å². The maximum atomic E-state index is 12.4. The quantitative estimate of drug-likeness (QED) is 0.155. The number of aliphatic hydroxyl groups is 6. The van der Waals surface area contributed by atoms with E-state index in [9.17, 15) is 30.6 Å². The molecule has 2 heterocycles. The minimum absolute atomic E-state index is 0.0460. The third-order valence-corrected chi connectivity index (χ3v) is 16.0. The fourth-order valence-corrected chi connectivity index (χ4v) is 12.8. The van der Waals surface area contributed by atoms with Gasteiger partial charge in [0.25, 0.3) is 0 Å². The summed E-state index contributed by atoms with van der Waals surface area (Å²) >= 11 is 0. The number of fused-ring (bicyclic) bond motifs is 5. The van der Waals surface area contributed by atoms with Gasteiger partial charge in [-0.1, -0.05) is 53.2 Å². The lowest BCUT2D eigenvalue weighted by molar-refractivity contribution is -0.261. The van der Waals surface area contributed by atoms with Crippen molar-refractivity contribution in [2.45, 2.75) is 193 Å². The first kappa shape index (κ1) is 41.0. The molecule has 0 aromatic carbocycles. The SMILES string of the molecule is C[C@H](CC[C@@H](O[C@H]1C[C@@H](O)C[C@@H](CO)O1)C(C)(C)O)C1CC[C@@]2(C)C3CC=C4C(CC[C@H](O[C@H]5C[C@@H](O)C[C@@H](CO)O5)C4(C)C)[C@]3(C)[C@H](O)C[C@]12C. The first-order valence-corrected chi connectivity index (χ1v) is 20.6. The number of hydrogen-bond acceptors (Lipinski definition) is 10. The van der Waals surface area contributed by atoms with Gasteiger partial charge in [0, 0.05) is 36.5 Å². The van der Waals surface area contributed by atoms with Crippen LogP contribution in [-0.4, -0.2) is 105 Å². The lowest BCUT2D eigenvalue weighted by Crippen LogP contribution is -2.64. The highest BCUT2D eigenvalue weighted by Gasteiger charge is 2.70. The Morgan fingerprint density at radius 3 is 2.08 bits per heavy atom. The van der Waals surface area contributed by atoms with Crippen molar-refractivity contribution in [1.29, 1.82) is 0 Å². The summed E-state index contributed by atoms with van der Waals surface area (Å²) in [6.45, 7) is 17.5. The molecular formula is C42H72O10. The molecule has 10 heteroatoms. The summed E-state index contributed by atoms with van der Waals surface area (Å²) in [5.74, 6) is 1.38. The number of allylic oxidation sites excluding steroid dienone is 1. The van der Waals surface area contributed by atoms with E-state index >= 15 is 0 Å². The van der Waals surface area contributed by atoms with E-state index < -0.39 is 54.8 Å². The maximum absolute atomic E-state index is 12.4. The van der Waals surface area contributed by atoms with Gasteiger partial charge in [0.15, 0.2) is 12.6 Å². The molecule has 300 valence electrons. The van der Waals surface area contributed by atoms with Crippen LogP contribution in [0.4, 0.5) is 0 Å². The molecule has 16 atom stereocenters. The molecule has 3 saturated carbocycles. The molecule has 0 radical (unpaired) electrons. The number of rotatable bonds is 11. The second-order valence-electron chi connectivity index (χ2n) is 19.8. The zero-order valence-corrected chi connectivity index (χ0v) is 33.3. The van der Waals surface area contributed by atoms with Gasteiger partial charge in [-0.25, -0.2) is 0 Å². The van der Waals surface area contributed by atoms with Crippen LogP contribution in [0.15, 0.2) is 11.6 Å². The van der Waals surface area contributed by atoms with Gasteiger partial charge in [0.05, 0.1) is 61.5 Å². The Morgan fingerprint density at radius 1 is 0.846 bits per heavy atom. The van der Waals surface area contributed by atoms with Crippen LogP contribution >= 0.6 is 0 Å². The van der Waals surface area contributed by atoms with Gasteiger partial charge in [-0.2, -0.15) is 0 Å². The van der Waals surface area contributed by atoms with Gasteiger partial charge in [0.1, 0.15) is 0 Å². The topological polar surface area (TPSA) is 158 Å². The van der Waals surface area contributed by atoms with Crippen LogP contribution in [-0.2, 0) is 18.9 Å². The second kappa shape index (κ2) is 15.0. The van der Waals surface area contributed by atoms with E-state index in [2.05, 4.69) is 47.6 Å². The monoisotopic (exact) mass is 737 g/mol. The zero-order valence-electron chi connectivity index (χ0n) is 33.3. The van der Waals surface area contributed by atoms with Crippen molar-refractivity contribution < 1.29 is 49.6 Å². The summed E-state index contributed by atoms with van der Waals surface area (Å²) in [7, 11) is 0. The van der Waals surface area contributed by atoms with Crippen LogP contribution in [0.3, 0.4) is 0 Å².